The van der Waals surface area contributed by atoms with E-state index in [0.29, 0.717) is 5.75 Å². The van der Waals surface area contributed by atoms with Gasteiger partial charge in [-0.1, -0.05) is 31.5 Å². The molecule has 6 nitrogen and oxygen atoms in total. The number of pyridine rings is 1. The molecule has 0 amide bonds. The Kier molecular flexibility index (Phi) is 6.30. The number of hydrogen-bond acceptors (Lipinski definition) is 5. The fourth-order valence-corrected chi connectivity index (χ4v) is 3.42. The highest BCUT2D eigenvalue weighted by Crippen LogP contribution is 2.27. The summed E-state index contributed by atoms with van der Waals surface area (Å²) in [4.78, 5) is 25.3. The Hall–Kier alpha value is -3.07. The minimum absolute atomic E-state index is 0.0424. The highest BCUT2D eigenvalue weighted by Gasteiger charge is 2.24. The Morgan fingerprint density at radius 1 is 1.21 bits per heavy atom. The van der Waals surface area contributed by atoms with Crippen LogP contribution < -0.4 is 10.3 Å². The van der Waals surface area contributed by atoms with Crippen molar-refractivity contribution in [2.45, 2.75) is 48.1 Å². The first-order chi connectivity index (χ1) is 13.1. The summed E-state index contributed by atoms with van der Waals surface area (Å²) in [7, 11) is 0. The van der Waals surface area contributed by atoms with E-state index in [9.17, 15) is 20.0 Å². The van der Waals surface area contributed by atoms with E-state index in [1.165, 1.54) is 6.92 Å². The van der Waals surface area contributed by atoms with E-state index in [1.807, 2.05) is 52.8 Å². The molecule has 2 rings (SSSR count). The van der Waals surface area contributed by atoms with Crippen LogP contribution in [0.3, 0.4) is 0 Å². The average molecular weight is 382 g/mol. The molecule has 0 radical (unpaired) electrons. The second-order valence-electron chi connectivity index (χ2n) is 7.56. The Morgan fingerprint density at radius 2 is 1.79 bits per heavy atom. The normalized spacial score (nSPS) is 10.8. The number of carbonyl (C=O) groups excluding carboxylic acids is 1. The molecule has 0 bridgehead atoms. The van der Waals surface area contributed by atoms with Crippen molar-refractivity contribution in [3.05, 3.63) is 55.9 Å². The number of Topliss-reactive ketones (excluding diaryl/α,β-unsaturated/α-hetero) is 1. The minimum Gasteiger partial charge on any atom is -0.494 e. The number of hydrogen-bond donors (Lipinski definition) is 1. The number of carbonyl (C=O) groups is 1. The van der Waals surface area contributed by atoms with Gasteiger partial charge in [-0.05, 0) is 50.3 Å². The zero-order valence-corrected chi connectivity index (χ0v) is 17.2. The summed E-state index contributed by atoms with van der Waals surface area (Å²) < 4.78 is 6.83. The maximum Gasteiger partial charge on any atom is 0.271 e. The van der Waals surface area contributed by atoms with Crippen molar-refractivity contribution in [1.29, 1.82) is 5.26 Å². The summed E-state index contributed by atoms with van der Waals surface area (Å²) >= 11 is 0. The topological polar surface area (TPSA) is 92.3 Å². The SMILES string of the molecule is Cc1cc(C)c(OCC(=O)c2c(C)c(C#N)c(=O)n(CC(C)C)c2O)c(C)c1. The van der Waals surface area contributed by atoms with Crippen molar-refractivity contribution in [1.82, 2.24) is 4.57 Å². The monoisotopic (exact) mass is 382 g/mol. The van der Waals surface area contributed by atoms with Crippen LogP contribution in [0.5, 0.6) is 11.6 Å². The molecule has 1 aromatic carbocycles. The molecular weight excluding hydrogens is 356 g/mol. The van der Waals surface area contributed by atoms with E-state index in [1.54, 1.807) is 0 Å². The van der Waals surface area contributed by atoms with Gasteiger partial charge < -0.3 is 9.84 Å². The number of aryl methyl sites for hydroxylation is 3. The Bertz CT molecular complexity index is 1000. The average Bonchev–Trinajstić information content (AvgIpc) is 2.58. The lowest BCUT2D eigenvalue weighted by molar-refractivity contribution is 0.0915. The van der Waals surface area contributed by atoms with E-state index in [4.69, 9.17) is 4.74 Å². The fraction of sp³-hybridized carbons (Fsp3) is 0.409. The Labute approximate surface area is 165 Å². The smallest absolute Gasteiger partial charge is 0.271 e. The first-order valence-electron chi connectivity index (χ1n) is 9.18. The van der Waals surface area contributed by atoms with Gasteiger partial charge in [-0.25, -0.2) is 0 Å². The van der Waals surface area contributed by atoms with Gasteiger partial charge in [-0.2, -0.15) is 5.26 Å². The van der Waals surface area contributed by atoms with Gasteiger partial charge in [0.15, 0.2) is 6.61 Å². The molecule has 0 fully saturated rings. The molecule has 0 spiro atoms. The van der Waals surface area contributed by atoms with Crippen LogP contribution in [0.1, 0.15) is 52.0 Å². The van der Waals surface area contributed by atoms with Crippen LogP contribution in [0.25, 0.3) is 0 Å². The molecule has 0 aliphatic carbocycles. The number of nitriles is 1. The maximum atomic E-state index is 12.9. The third-order valence-electron chi connectivity index (χ3n) is 4.58. The zero-order chi connectivity index (χ0) is 21.2. The molecular formula is C22H26N2O4. The van der Waals surface area contributed by atoms with Gasteiger partial charge in [-0.3, -0.25) is 14.2 Å². The molecule has 0 aliphatic rings. The number of ketones is 1. The molecule has 0 saturated heterocycles. The van der Waals surface area contributed by atoms with E-state index in [-0.39, 0.29) is 35.8 Å². The van der Waals surface area contributed by atoms with Crippen LogP contribution in [-0.4, -0.2) is 22.1 Å². The molecule has 28 heavy (non-hydrogen) atoms. The van der Waals surface area contributed by atoms with Gasteiger partial charge >= 0.3 is 0 Å². The highest BCUT2D eigenvalue weighted by molar-refractivity contribution is 6.01. The number of ether oxygens (including phenoxy) is 1. The summed E-state index contributed by atoms with van der Waals surface area (Å²) in [5, 5.41) is 20.0. The van der Waals surface area contributed by atoms with E-state index < -0.39 is 17.2 Å². The molecule has 148 valence electrons. The summed E-state index contributed by atoms with van der Waals surface area (Å²) in [6.45, 7) is 10.9. The lowest BCUT2D eigenvalue weighted by Crippen LogP contribution is -2.29. The van der Waals surface area contributed by atoms with Gasteiger partial charge in [0, 0.05) is 6.54 Å². The van der Waals surface area contributed by atoms with Crippen molar-refractivity contribution >= 4 is 5.78 Å². The van der Waals surface area contributed by atoms with Crippen molar-refractivity contribution in [2.24, 2.45) is 5.92 Å². The number of nitrogens with zero attached hydrogens (tertiary/aromatic N) is 2. The van der Waals surface area contributed by atoms with Gasteiger partial charge in [-0.15, -0.1) is 0 Å². The minimum atomic E-state index is -0.589. The molecule has 0 unspecified atom stereocenters. The molecule has 0 aliphatic heterocycles. The molecule has 2 aromatic rings. The van der Waals surface area contributed by atoms with Crippen LogP contribution >= 0.6 is 0 Å². The molecule has 1 heterocycles. The lowest BCUT2D eigenvalue weighted by Gasteiger charge is -2.18. The second-order valence-corrected chi connectivity index (χ2v) is 7.56. The maximum absolute atomic E-state index is 12.9. The summed E-state index contributed by atoms with van der Waals surface area (Å²) in [5.41, 5.74) is 2.33. The van der Waals surface area contributed by atoms with Crippen LogP contribution in [-0.2, 0) is 6.54 Å². The summed E-state index contributed by atoms with van der Waals surface area (Å²) in [6, 6.07) is 5.79. The van der Waals surface area contributed by atoms with Gasteiger partial charge in [0.05, 0.1) is 5.56 Å². The van der Waals surface area contributed by atoms with Crippen LogP contribution in [0.15, 0.2) is 16.9 Å². The molecule has 1 aromatic heterocycles. The third kappa shape index (κ3) is 4.09. The van der Waals surface area contributed by atoms with Crippen LogP contribution in [0.2, 0.25) is 0 Å². The van der Waals surface area contributed by atoms with E-state index in [0.717, 1.165) is 21.3 Å². The van der Waals surface area contributed by atoms with E-state index in [2.05, 4.69) is 0 Å². The zero-order valence-electron chi connectivity index (χ0n) is 17.2. The molecule has 1 N–H and O–H groups in total. The van der Waals surface area contributed by atoms with Crippen LogP contribution in [0, 0.1) is 44.9 Å². The predicted octanol–water partition coefficient (Wildman–Crippen LogP) is 3.58. The Morgan fingerprint density at radius 3 is 2.29 bits per heavy atom. The quantitative estimate of drug-likeness (QED) is 0.771. The van der Waals surface area contributed by atoms with Gasteiger partial charge in [0.25, 0.3) is 5.56 Å². The second kappa shape index (κ2) is 8.30. The third-order valence-corrected chi connectivity index (χ3v) is 4.58. The first-order valence-corrected chi connectivity index (χ1v) is 9.18. The summed E-state index contributed by atoms with van der Waals surface area (Å²) in [6.07, 6.45) is 0. The molecule has 0 atom stereocenters. The lowest BCUT2D eigenvalue weighted by atomic mass is 10.0. The van der Waals surface area contributed by atoms with Gasteiger partial charge in [0.2, 0.25) is 11.7 Å². The Balaban J connectivity index is 2.46. The standard InChI is InChI=1S/C22H26N2O4/c1-12(2)10-24-21(26)17(9-23)16(6)19(22(24)27)18(25)11-28-20-14(4)7-13(3)8-15(20)5/h7-8,12,27H,10-11H2,1-6H3. The number of benzene rings is 1. The van der Waals surface area contributed by atoms with Crippen LogP contribution in [0.4, 0.5) is 0 Å². The first kappa shape index (κ1) is 21.2. The van der Waals surface area contributed by atoms with Crippen molar-refractivity contribution in [2.75, 3.05) is 6.61 Å². The molecule has 6 heteroatoms. The number of aromatic hydroxyl groups is 1. The van der Waals surface area contributed by atoms with Crippen molar-refractivity contribution in [3.63, 3.8) is 0 Å². The number of rotatable bonds is 6. The largest absolute Gasteiger partial charge is 0.494 e. The van der Waals surface area contributed by atoms with Gasteiger partial charge in [0.1, 0.15) is 17.4 Å². The summed E-state index contributed by atoms with van der Waals surface area (Å²) in [5.74, 6) is -0.230. The van der Waals surface area contributed by atoms with Crippen molar-refractivity contribution in [3.8, 4) is 17.7 Å². The predicted molar refractivity (Wildman–Crippen MR) is 107 cm³/mol. The molecule has 0 saturated carbocycles. The highest BCUT2D eigenvalue weighted by atomic mass is 16.5. The fourth-order valence-electron chi connectivity index (χ4n) is 3.42. The van der Waals surface area contributed by atoms with E-state index >= 15 is 0 Å². The number of aromatic nitrogens is 1. The van der Waals surface area contributed by atoms with Crippen molar-refractivity contribution < 1.29 is 14.6 Å².